The summed E-state index contributed by atoms with van der Waals surface area (Å²) in [4.78, 5) is 13.6. The minimum Gasteiger partial charge on any atom is -0.444 e. The normalized spacial score (nSPS) is 22.6. The average Bonchev–Trinajstić information content (AvgIpc) is 2.09. The van der Waals surface area contributed by atoms with Crippen LogP contribution in [0.4, 0.5) is 4.79 Å². The Kier molecular flexibility index (Phi) is 3.58. The van der Waals surface area contributed by atoms with Gasteiger partial charge in [-0.3, -0.25) is 0 Å². The van der Waals surface area contributed by atoms with Gasteiger partial charge in [0.2, 0.25) is 0 Å². The van der Waals surface area contributed by atoms with Gasteiger partial charge in [0.1, 0.15) is 5.60 Å². The van der Waals surface area contributed by atoms with Crippen LogP contribution in [0.1, 0.15) is 46.5 Å². The van der Waals surface area contributed by atoms with Crippen molar-refractivity contribution >= 4 is 6.09 Å². The molecule has 1 saturated heterocycles. The number of hydrogen-bond acceptors (Lipinski definition) is 3. The van der Waals surface area contributed by atoms with Crippen LogP contribution in [-0.4, -0.2) is 36.2 Å². The van der Waals surface area contributed by atoms with Crippen molar-refractivity contribution in [1.82, 2.24) is 4.90 Å². The Morgan fingerprint density at radius 2 is 2.00 bits per heavy atom. The van der Waals surface area contributed by atoms with Crippen LogP contribution in [0.15, 0.2) is 0 Å². The molecule has 0 unspecified atom stereocenters. The Morgan fingerprint density at radius 1 is 1.39 bits per heavy atom. The van der Waals surface area contributed by atoms with E-state index in [9.17, 15) is 4.79 Å². The fraction of sp³-hybridized carbons (Fsp3) is 0.929. The van der Waals surface area contributed by atoms with Crippen molar-refractivity contribution in [2.24, 2.45) is 17.1 Å². The second-order valence-electron chi connectivity index (χ2n) is 7.04. The maximum atomic E-state index is 11.8. The summed E-state index contributed by atoms with van der Waals surface area (Å²) in [6.45, 7) is 8.31. The van der Waals surface area contributed by atoms with Crippen LogP contribution in [0.2, 0.25) is 0 Å². The van der Waals surface area contributed by atoms with E-state index in [2.05, 4.69) is 0 Å². The quantitative estimate of drug-likeness (QED) is 0.841. The first-order valence-electron chi connectivity index (χ1n) is 7.02. The van der Waals surface area contributed by atoms with E-state index in [1.165, 1.54) is 19.3 Å². The molecule has 2 aliphatic rings. The Labute approximate surface area is 110 Å². The summed E-state index contributed by atoms with van der Waals surface area (Å²) in [5.41, 5.74) is 5.56. The molecule has 0 atom stereocenters. The Morgan fingerprint density at radius 3 is 2.50 bits per heavy atom. The molecule has 18 heavy (non-hydrogen) atoms. The highest BCUT2D eigenvalue weighted by molar-refractivity contribution is 5.69. The van der Waals surface area contributed by atoms with Gasteiger partial charge in [0.25, 0.3) is 0 Å². The third-order valence-corrected chi connectivity index (χ3v) is 3.96. The van der Waals surface area contributed by atoms with Crippen LogP contribution < -0.4 is 5.73 Å². The lowest BCUT2D eigenvalue weighted by molar-refractivity contribution is -0.0966. The summed E-state index contributed by atoms with van der Waals surface area (Å²) in [5.74, 6) is 0.842. The van der Waals surface area contributed by atoms with Crippen molar-refractivity contribution in [2.45, 2.75) is 52.1 Å². The van der Waals surface area contributed by atoms with Crippen molar-refractivity contribution in [2.75, 3.05) is 19.6 Å². The molecule has 4 nitrogen and oxygen atoms in total. The number of hydrogen-bond donors (Lipinski definition) is 1. The van der Waals surface area contributed by atoms with E-state index in [1.807, 2.05) is 25.7 Å². The first-order valence-corrected chi connectivity index (χ1v) is 7.02. The van der Waals surface area contributed by atoms with Crippen LogP contribution in [0, 0.1) is 11.3 Å². The molecule has 0 bridgehead atoms. The molecule has 1 spiro atoms. The Balaban J connectivity index is 1.67. The molecule has 1 amide bonds. The van der Waals surface area contributed by atoms with Gasteiger partial charge in [0, 0.05) is 18.5 Å². The number of carbonyl (C=O) groups excluding carboxylic acids is 1. The van der Waals surface area contributed by atoms with Gasteiger partial charge >= 0.3 is 6.09 Å². The van der Waals surface area contributed by atoms with Gasteiger partial charge < -0.3 is 15.4 Å². The van der Waals surface area contributed by atoms with E-state index in [0.717, 1.165) is 32.0 Å². The summed E-state index contributed by atoms with van der Waals surface area (Å²) in [6.07, 6.45) is 4.78. The topological polar surface area (TPSA) is 55.6 Å². The first kappa shape index (κ1) is 13.7. The predicted molar refractivity (Wildman–Crippen MR) is 71.3 cm³/mol. The number of rotatable bonds is 3. The minimum absolute atomic E-state index is 0.154. The number of amides is 1. The lowest BCUT2D eigenvalue weighted by Crippen LogP contribution is -2.64. The zero-order valence-corrected chi connectivity index (χ0v) is 11.9. The molecule has 0 aromatic carbocycles. The van der Waals surface area contributed by atoms with Crippen LogP contribution in [0.3, 0.4) is 0 Å². The summed E-state index contributed by atoms with van der Waals surface area (Å²) in [7, 11) is 0. The van der Waals surface area contributed by atoms with Gasteiger partial charge in [-0.05, 0) is 58.9 Å². The molecule has 1 saturated carbocycles. The highest BCUT2D eigenvalue weighted by atomic mass is 16.6. The maximum Gasteiger partial charge on any atom is 0.410 e. The van der Waals surface area contributed by atoms with E-state index in [4.69, 9.17) is 10.5 Å². The molecule has 2 rings (SSSR count). The molecule has 0 aromatic rings. The number of carbonyl (C=O) groups is 1. The van der Waals surface area contributed by atoms with Gasteiger partial charge in [-0.2, -0.15) is 0 Å². The maximum absolute atomic E-state index is 11.8. The zero-order chi connectivity index (χ0) is 13.4. The van der Waals surface area contributed by atoms with E-state index in [-0.39, 0.29) is 11.7 Å². The Bertz CT molecular complexity index is 308. The second-order valence-corrected chi connectivity index (χ2v) is 7.04. The lowest BCUT2D eigenvalue weighted by atomic mass is 9.57. The van der Waals surface area contributed by atoms with Crippen LogP contribution in [-0.2, 0) is 4.74 Å². The van der Waals surface area contributed by atoms with E-state index >= 15 is 0 Å². The van der Waals surface area contributed by atoms with Gasteiger partial charge in [-0.25, -0.2) is 4.79 Å². The van der Waals surface area contributed by atoms with Crippen molar-refractivity contribution in [3.63, 3.8) is 0 Å². The van der Waals surface area contributed by atoms with Crippen LogP contribution in [0.25, 0.3) is 0 Å². The fourth-order valence-electron chi connectivity index (χ4n) is 3.25. The Hall–Kier alpha value is -0.770. The summed E-state index contributed by atoms with van der Waals surface area (Å²) < 4.78 is 5.37. The predicted octanol–water partition coefficient (Wildman–Crippen LogP) is 2.37. The number of nitrogens with two attached hydrogens (primary N) is 1. The lowest BCUT2D eigenvalue weighted by Gasteiger charge is -2.59. The van der Waals surface area contributed by atoms with Crippen molar-refractivity contribution < 1.29 is 9.53 Å². The van der Waals surface area contributed by atoms with Crippen LogP contribution in [0.5, 0.6) is 0 Å². The molecule has 2 N–H and O–H groups in total. The largest absolute Gasteiger partial charge is 0.444 e. The fourth-order valence-corrected chi connectivity index (χ4v) is 3.25. The summed E-state index contributed by atoms with van der Waals surface area (Å²) >= 11 is 0. The molecule has 1 aliphatic heterocycles. The molecule has 2 fully saturated rings. The number of likely N-dealkylation sites (tertiary alicyclic amines) is 1. The number of nitrogens with zero attached hydrogens (tertiary/aromatic N) is 1. The molecular weight excluding hydrogens is 228 g/mol. The van der Waals surface area contributed by atoms with E-state index in [1.54, 1.807) is 0 Å². The average molecular weight is 254 g/mol. The highest BCUT2D eigenvalue weighted by Gasteiger charge is 2.53. The van der Waals surface area contributed by atoms with E-state index in [0.29, 0.717) is 5.41 Å². The standard InChI is InChI=1S/C14H26N2O2/c1-13(2,3)18-12(17)16-9-14(10-16)7-11(8-14)5-4-6-15/h11H,4-10,15H2,1-3H3. The molecule has 1 heterocycles. The zero-order valence-electron chi connectivity index (χ0n) is 11.9. The SMILES string of the molecule is CC(C)(C)OC(=O)N1CC2(CC(CCCN)C2)C1. The van der Waals surface area contributed by atoms with Crippen molar-refractivity contribution in [1.29, 1.82) is 0 Å². The van der Waals surface area contributed by atoms with Crippen molar-refractivity contribution in [3.8, 4) is 0 Å². The second kappa shape index (κ2) is 4.72. The molecule has 1 aliphatic carbocycles. The third kappa shape index (κ3) is 2.97. The third-order valence-electron chi connectivity index (χ3n) is 3.96. The van der Waals surface area contributed by atoms with Gasteiger partial charge in [-0.1, -0.05) is 0 Å². The smallest absolute Gasteiger partial charge is 0.410 e. The molecule has 0 radical (unpaired) electrons. The molecule has 104 valence electrons. The van der Waals surface area contributed by atoms with Gasteiger partial charge in [0.15, 0.2) is 0 Å². The van der Waals surface area contributed by atoms with E-state index < -0.39 is 0 Å². The summed E-state index contributed by atoms with van der Waals surface area (Å²) in [6, 6.07) is 0. The van der Waals surface area contributed by atoms with Crippen molar-refractivity contribution in [3.05, 3.63) is 0 Å². The first-order chi connectivity index (χ1) is 8.34. The molecular formula is C14H26N2O2. The van der Waals surface area contributed by atoms with Gasteiger partial charge in [-0.15, -0.1) is 0 Å². The number of ether oxygens (including phenoxy) is 1. The molecule has 0 aromatic heterocycles. The van der Waals surface area contributed by atoms with Gasteiger partial charge in [0.05, 0.1) is 0 Å². The monoisotopic (exact) mass is 254 g/mol. The molecule has 4 heteroatoms. The minimum atomic E-state index is -0.386. The van der Waals surface area contributed by atoms with Crippen LogP contribution >= 0.6 is 0 Å². The summed E-state index contributed by atoms with van der Waals surface area (Å²) in [5, 5.41) is 0. The highest BCUT2D eigenvalue weighted by Crippen LogP contribution is 2.53.